The van der Waals surface area contributed by atoms with Crippen LogP contribution in [0.5, 0.6) is 0 Å². The highest BCUT2D eigenvalue weighted by Crippen LogP contribution is 2.26. The van der Waals surface area contributed by atoms with Gasteiger partial charge < -0.3 is 15.2 Å². The molecule has 5 nitrogen and oxygen atoms in total. The van der Waals surface area contributed by atoms with Crippen LogP contribution in [0.1, 0.15) is 38.2 Å². The Labute approximate surface area is 130 Å². The van der Waals surface area contributed by atoms with Crippen LogP contribution in [0.15, 0.2) is 24.3 Å². The van der Waals surface area contributed by atoms with Gasteiger partial charge in [0.25, 0.3) is 0 Å². The van der Waals surface area contributed by atoms with Crippen molar-refractivity contribution in [2.45, 2.75) is 45.1 Å². The molecule has 2 rings (SSSR count). The summed E-state index contributed by atoms with van der Waals surface area (Å²) in [7, 11) is 0. The number of amides is 1. The highest BCUT2D eigenvalue weighted by atomic mass is 16.5. The molecular formula is C17H23NO4. The Morgan fingerprint density at radius 3 is 2.55 bits per heavy atom. The van der Waals surface area contributed by atoms with Gasteiger partial charge in [-0.15, -0.1) is 0 Å². The molecule has 0 aliphatic heterocycles. The average Bonchev–Trinajstić information content (AvgIpc) is 2.48. The van der Waals surface area contributed by atoms with E-state index in [4.69, 9.17) is 9.84 Å². The van der Waals surface area contributed by atoms with Crippen molar-refractivity contribution in [2.24, 2.45) is 5.92 Å². The molecule has 1 amide bonds. The zero-order valence-electron chi connectivity index (χ0n) is 12.9. The fourth-order valence-corrected chi connectivity index (χ4v) is 2.79. The summed E-state index contributed by atoms with van der Waals surface area (Å²) in [5, 5.41) is 11.5. The van der Waals surface area contributed by atoms with Crippen LogP contribution in [0, 0.1) is 5.92 Å². The molecule has 2 unspecified atom stereocenters. The monoisotopic (exact) mass is 305 g/mol. The van der Waals surface area contributed by atoms with Gasteiger partial charge in [-0.1, -0.05) is 31.9 Å². The molecule has 5 heteroatoms. The quantitative estimate of drug-likeness (QED) is 0.847. The molecule has 1 aromatic rings. The van der Waals surface area contributed by atoms with E-state index in [1.165, 1.54) is 12.8 Å². The summed E-state index contributed by atoms with van der Waals surface area (Å²) in [5.41, 5.74) is 1.36. The number of hydrogen-bond acceptors (Lipinski definition) is 3. The number of carboxylic acids is 1. The van der Waals surface area contributed by atoms with E-state index in [9.17, 15) is 9.59 Å². The Kier molecular flexibility index (Phi) is 5.95. The Hall–Kier alpha value is -1.88. The van der Waals surface area contributed by atoms with Gasteiger partial charge in [-0.2, -0.15) is 0 Å². The van der Waals surface area contributed by atoms with Crippen molar-refractivity contribution < 1.29 is 19.4 Å². The van der Waals surface area contributed by atoms with Gasteiger partial charge in [0, 0.05) is 5.69 Å². The van der Waals surface area contributed by atoms with Crippen molar-refractivity contribution >= 4 is 17.6 Å². The van der Waals surface area contributed by atoms with Gasteiger partial charge in [-0.05, 0) is 36.5 Å². The Balaban J connectivity index is 1.77. The first-order valence-corrected chi connectivity index (χ1v) is 7.77. The molecule has 1 aliphatic carbocycles. The smallest absolute Gasteiger partial charge is 0.307 e. The van der Waals surface area contributed by atoms with Gasteiger partial charge in [0.15, 0.2) is 0 Å². The third-order valence-electron chi connectivity index (χ3n) is 4.05. The minimum Gasteiger partial charge on any atom is -0.481 e. The number of hydrogen-bond donors (Lipinski definition) is 2. The zero-order valence-corrected chi connectivity index (χ0v) is 12.9. The summed E-state index contributed by atoms with van der Waals surface area (Å²) in [4.78, 5) is 22.5. The van der Waals surface area contributed by atoms with Crippen LogP contribution in [-0.2, 0) is 20.7 Å². The molecule has 2 atom stereocenters. The predicted octanol–water partition coefficient (Wildman–Crippen LogP) is 2.85. The second kappa shape index (κ2) is 7.94. The predicted molar refractivity (Wildman–Crippen MR) is 83.8 cm³/mol. The van der Waals surface area contributed by atoms with Gasteiger partial charge in [-0.25, -0.2) is 0 Å². The first kappa shape index (κ1) is 16.5. The van der Waals surface area contributed by atoms with Crippen molar-refractivity contribution in [1.82, 2.24) is 0 Å². The first-order valence-electron chi connectivity index (χ1n) is 7.77. The van der Waals surface area contributed by atoms with E-state index >= 15 is 0 Å². The van der Waals surface area contributed by atoms with E-state index < -0.39 is 5.97 Å². The number of carbonyl (C=O) groups excluding carboxylic acids is 1. The highest BCUT2D eigenvalue weighted by molar-refractivity contribution is 5.91. The molecule has 1 fully saturated rings. The van der Waals surface area contributed by atoms with E-state index in [0.29, 0.717) is 17.2 Å². The second-order valence-corrected chi connectivity index (χ2v) is 5.93. The molecule has 1 aliphatic rings. The molecule has 0 bridgehead atoms. The van der Waals surface area contributed by atoms with Crippen LogP contribution in [0.3, 0.4) is 0 Å². The zero-order chi connectivity index (χ0) is 15.9. The van der Waals surface area contributed by atoms with Crippen LogP contribution in [0.25, 0.3) is 0 Å². The summed E-state index contributed by atoms with van der Waals surface area (Å²) >= 11 is 0. The fourth-order valence-electron chi connectivity index (χ4n) is 2.79. The van der Waals surface area contributed by atoms with Gasteiger partial charge in [0.1, 0.15) is 6.61 Å². The minimum absolute atomic E-state index is 0.0170. The van der Waals surface area contributed by atoms with E-state index in [2.05, 4.69) is 12.2 Å². The summed E-state index contributed by atoms with van der Waals surface area (Å²) < 4.78 is 5.72. The second-order valence-electron chi connectivity index (χ2n) is 5.93. The number of anilines is 1. The summed E-state index contributed by atoms with van der Waals surface area (Å²) in [5.74, 6) is -0.535. The lowest BCUT2D eigenvalue weighted by molar-refractivity contribution is -0.136. The van der Waals surface area contributed by atoms with Crippen molar-refractivity contribution in [1.29, 1.82) is 0 Å². The number of rotatable bonds is 6. The minimum atomic E-state index is -0.869. The van der Waals surface area contributed by atoms with Crippen LogP contribution in [0.4, 0.5) is 5.69 Å². The van der Waals surface area contributed by atoms with Gasteiger partial charge in [0.2, 0.25) is 5.91 Å². The Morgan fingerprint density at radius 2 is 1.91 bits per heavy atom. The molecule has 0 spiro atoms. The Morgan fingerprint density at radius 1 is 1.23 bits per heavy atom. The summed E-state index contributed by atoms with van der Waals surface area (Å²) in [6, 6.07) is 6.82. The van der Waals surface area contributed by atoms with Crippen molar-refractivity contribution in [3.8, 4) is 0 Å². The number of benzene rings is 1. The molecule has 0 aromatic heterocycles. The van der Waals surface area contributed by atoms with E-state index in [0.717, 1.165) is 12.8 Å². The lowest BCUT2D eigenvalue weighted by Gasteiger charge is -2.28. The normalized spacial score (nSPS) is 21.3. The molecular weight excluding hydrogens is 282 g/mol. The standard InChI is InChI=1S/C17H23NO4/c1-12-4-2-3-5-15(12)22-11-16(19)18-14-8-6-13(7-9-14)10-17(20)21/h6-9,12,15H,2-5,10-11H2,1H3,(H,18,19)(H,20,21). The number of carboxylic acid groups (broad SMARTS) is 1. The maximum absolute atomic E-state index is 11.9. The van der Waals surface area contributed by atoms with E-state index in [1.807, 2.05) is 0 Å². The highest BCUT2D eigenvalue weighted by Gasteiger charge is 2.22. The van der Waals surface area contributed by atoms with Gasteiger partial charge in [0.05, 0.1) is 12.5 Å². The lowest BCUT2D eigenvalue weighted by atomic mass is 9.88. The number of nitrogens with one attached hydrogen (secondary N) is 1. The largest absolute Gasteiger partial charge is 0.481 e. The third-order valence-corrected chi connectivity index (χ3v) is 4.05. The van der Waals surface area contributed by atoms with Crippen molar-refractivity contribution in [3.63, 3.8) is 0 Å². The van der Waals surface area contributed by atoms with Crippen LogP contribution in [-0.4, -0.2) is 29.7 Å². The number of aliphatic carboxylic acids is 1. The van der Waals surface area contributed by atoms with Crippen molar-refractivity contribution in [2.75, 3.05) is 11.9 Å². The fraction of sp³-hybridized carbons (Fsp3) is 0.529. The maximum Gasteiger partial charge on any atom is 0.307 e. The molecule has 22 heavy (non-hydrogen) atoms. The SMILES string of the molecule is CC1CCCCC1OCC(=O)Nc1ccc(CC(=O)O)cc1. The van der Waals surface area contributed by atoms with E-state index in [-0.39, 0.29) is 25.0 Å². The molecule has 120 valence electrons. The molecule has 0 heterocycles. The lowest BCUT2D eigenvalue weighted by Crippen LogP contribution is -2.29. The maximum atomic E-state index is 11.9. The van der Waals surface area contributed by atoms with Crippen LogP contribution in [0.2, 0.25) is 0 Å². The van der Waals surface area contributed by atoms with E-state index in [1.54, 1.807) is 24.3 Å². The molecule has 1 aromatic carbocycles. The summed E-state index contributed by atoms with van der Waals surface area (Å²) in [6.07, 6.45) is 4.77. The van der Waals surface area contributed by atoms with Crippen molar-refractivity contribution in [3.05, 3.63) is 29.8 Å². The molecule has 0 saturated heterocycles. The number of carbonyl (C=O) groups is 2. The topological polar surface area (TPSA) is 75.6 Å². The van der Waals surface area contributed by atoms with Crippen LogP contribution >= 0.6 is 0 Å². The van der Waals surface area contributed by atoms with Gasteiger partial charge in [-0.3, -0.25) is 9.59 Å². The molecule has 0 radical (unpaired) electrons. The summed E-state index contributed by atoms with van der Waals surface area (Å²) in [6.45, 7) is 2.23. The average molecular weight is 305 g/mol. The third kappa shape index (κ3) is 5.15. The Bertz CT molecular complexity index is 512. The van der Waals surface area contributed by atoms with Crippen LogP contribution < -0.4 is 5.32 Å². The van der Waals surface area contributed by atoms with Gasteiger partial charge >= 0.3 is 5.97 Å². The number of ether oxygens (including phenoxy) is 1. The molecule has 2 N–H and O–H groups in total. The first-order chi connectivity index (χ1) is 10.5. The molecule has 1 saturated carbocycles.